The largest absolute Gasteiger partial charge is 0.496 e. The molecule has 8 heteroatoms. The third kappa shape index (κ3) is 3.78. The van der Waals surface area contributed by atoms with Gasteiger partial charge in [0.25, 0.3) is 0 Å². The molecule has 1 N–H and O–H groups in total. The lowest BCUT2D eigenvalue weighted by Gasteiger charge is -2.13. The van der Waals surface area contributed by atoms with Gasteiger partial charge in [-0.1, -0.05) is 0 Å². The molecule has 0 saturated heterocycles. The van der Waals surface area contributed by atoms with Gasteiger partial charge in [-0.3, -0.25) is 0 Å². The summed E-state index contributed by atoms with van der Waals surface area (Å²) in [5.74, 6) is 1.50. The molecule has 1 heterocycles. The zero-order valence-corrected chi connectivity index (χ0v) is 13.8. The van der Waals surface area contributed by atoms with Crippen LogP contribution in [0.5, 0.6) is 5.75 Å². The lowest BCUT2D eigenvalue weighted by molar-refractivity contribution is 0.196. The van der Waals surface area contributed by atoms with Crippen LogP contribution in [0.25, 0.3) is 5.69 Å². The lowest BCUT2D eigenvalue weighted by atomic mass is 10.2. The highest BCUT2D eigenvalue weighted by atomic mass is 79.9. The van der Waals surface area contributed by atoms with Gasteiger partial charge in [0, 0.05) is 13.7 Å². The number of rotatable bonds is 7. The highest BCUT2D eigenvalue weighted by molar-refractivity contribution is 9.10. The summed E-state index contributed by atoms with van der Waals surface area (Å²) < 4.78 is 12.8. The summed E-state index contributed by atoms with van der Waals surface area (Å²) in [6.07, 6.45) is 0. The molecule has 2 rings (SSSR count). The lowest BCUT2D eigenvalue weighted by Crippen LogP contribution is -2.25. The Kier molecular flexibility index (Phi) is 5.66. The molecule has 0 bridgehead atoms. The van der Waals surface area contributed by atoms with E-state index >= 15 is 0 Å². The fourth-order valence-electron chi connectivity index (χ4n) is 1.90. The molecule has 0 aliphatic rings. The van der Waals surface area contributed by atoms with E-state index in [-0.39, 0.29) is 6.04 Å². The second-order valence-electron chi connectivity index (χ2n) is 4.44. The van der Waals surface area contributed by atoms with Crippen molar-refractivity contribution in [2.45, 2.75) is 13.0 Å². The molecule has 0 fully saturated rings. The van der Waals surface area contributed by atoms with Gasteiger partial charge < -0.3 is 14.8 Å². The fourth-order valence-corrected chi connectivity index (χ4v) is 2.43. The number of tetrazole rings is 1. The van der Waals surface area contributed by atoms with Crippen molar-refractivity contribution in [2.75, 3.05) is 27.4 Å². The number of methoxy groups -OCH3 is 2. The van der Waals surface area contributed by atoms with Gasteiger partial charge in [0.1, 0.15) is 5.75 Å². The molecule has 0 saturated carbocycles. The maximum absolute atomic E-state index is 5.23. The number of halogens is 1. The minimum atomic E-state index is 0.0102. The molecule has 2 aromatic rings. The van der Waals surface area contributed by atoms with Gasteiger partial charge in [0.15, 0.2) is 5.82 Å². The summed E-state index contributed by atoms with van der Waals surface area (Å²) in [6.45, 7) is 3.38. The molecule has 1 atom stereocenters. The first-order valence-electron chi connectivity index (χ1n) is 6.52. The third-order valence-electron chi connectivity index (χ3n) is 3.02. The van der Waals surface area contributed by atoms with Gasteiger partial charge >= 0.3 is 0 Å². The van der Waals surface area contributed by atoms with Crippen molar-refractivity contribution in [1.29, 1.82) is 0 Å². The quantitative estimate of drug-likeness (QED) is 0.762. The minimum absolute atomic E-state index is 0.0102. The second kappa shape index (κ2) is 7.48. The van der Waals surface area contributed by atoms with Crippen molar-refractivity contribution in [3.05, 3.63) is 28.5 Å². The first-order chi connectivity index (χ1) is 10.2. The number of hydrogen-bond acceptors (Lipinski definition) is 6. The predicted octanol–water partition coefficient (Wildman–Crippen LogP) is 1.73. The van der Waals surface area contributed by atoms with Gasteiger partial charge in [-0.15, -0.1) is 5.10 Å². The summed E-state index contributed by atoms with van der Waals surface area (Å²) >= 11 is 3.47. The molecule has 21 heavy (non-hydrogen) atoms. The summed E-state index contributed by atoms with van der Waals surface area (Å²) in [7, 11) is 3.30. The van der Waals surface area contributed by atoms with Crippen molar-refractivity contribution < 1.29 is 9.47 Å². The Hall–Kier alpha value is -1.51. The van der Waals surface area contributed by atoms with Crippen LogP contribution in [0.4, 0.5) is 0 Å². The highest BCUT2D eigenvalue weighted by Gasteiger charge is 2.16. The highest BCUT2D eigenvalue weighted by Crippen LogP contribution is 2.27. The van der Waals surface area contributed by atoms with E-state index in [1.165, 1.54) is 0 Å². The average Bonchev–Trinajstić information content (AvgIpc) is 2.96. The van der Waals surface area contributed by atoms with E-state index in [9.17, 15) is 0 Å². The van der Waals surface area contributed by atoms with Crippen molar-refractivity contribution in [3.8, 4) is 11.4 Å². The monoisotopic (exact) mass is 355 g/mol. The minimum Gasteiger partial charge on any atom is -0.496 e. The molecule has 1 aromatic heterocycles. The Bertz CT molecular complexity index is 590. The van der Waals surface area contributed by atoms with Crippen LogP contribution >= 0.6 is 15.9 Å². The fraction of sp³-hybridized carbons (Fsp3) is 0.462. The van der Waals surface area contributed by atoms with Crippen LogP contribution in [-0.4, -0.2) is 47.6 Å². The first-order valence-corrected chi connectivity index (χ1v) is 7.31. The summed E-state index contributed by atoms with van der Waals surface area (Å²) in [4.78, 5) is 0. The Morgan fingerprint density at radius 3 is 2.86 bits per heavy atom. The van der Waals surface area contributed by atoms with Gasteiger partial charge in [-0.25, -0.2) is 0 Å². The van der Waals surface area contributed by atoms with Gasteiger partial charge in [0.05, 0.1) is 29.9 Å². The average molecular weight is 356 g/mol. The predicted molar refractivity (Wildman–Crippen MR) is 81.7 cm³/mol. The van der Waals surface area contributed by atoms with Gasteiger partial charge in [-0.2, -0.15) is 4.68 Å². The number of benzene rings is 1. The number of aromatic nitrogens is 4. The Morgan fingerprint density at radius 1 is 1.38 bits per heavy atom. The van der Waals surface area contributed by atoms with Crippen LogP contribution in [0.3, 0.4) is 0 Å². The molecular formula is C13H18BrN5O2. The number of nitrogens with one attached hydrogen (secondary N) is 1. The van der Waals surface area contributed by atoms with Crippen molar-refractivity contribution in [2.24, 2.45) is 0 Å². The number of nitrogens with zero attached hydrogens (tertiary/aromatic N) is 4. The molecular weight excluding hydrogens is 338 g/mol. The van der Waals surface area contributed by atoms with Crippen LogP contribution in [0.1, 0.15) is 18.8 Å². The van der Waals surface area contributed by atoms with Crippen LogP contribution in [0.2, 0.25) is 0 Å². The van der Waals surface area contributed by atoms with Crippen LogP contribution in [0.15, 0.2) is 22.7 Å². The van der Waals surface area contributed by atoms with E-state index in [4.69, 9.17) is 9.47 Å². The molecule has 0 spiro atoms. The molecule has 0 aliphatic heterocycles. The van der Waals surface area contributed by atoms with E-state index in [1.54, 1.807) is 18.9 Å². The standard InChI is InChI=1S/C13H18BrN5O2/c1-9(15-6-7-20-2)13-16-17-18-19(13)10-4-5-12(21-3)11(14)8-10/h4-5,8-9,15H,6-7H2,1-3H3. The smallest absolute Gasteiger partial charge is 0.173 e. The zero-order valence-electron chi connectivity index (χ0n) is 12.2. The zero-order chi connectivity index (χ0) is 15.2. The molecule has 1 unspecified atom stereocenters. The van der Waals surface area contributed by atoms with Gasteiger partial charge in [-0.05, 0) is 51.5 Å². The molecule has 114 valence electrons. The summed E-state index contributed by atoms with van der Waals surface area (Å²) in [5.41, 5.74) is 0.864. The molecule has 0 radical (unpaired) electrons. The topological polar surface area (TPSA) is 74.1 Å². The molecule has 7 nitrogen and oxygen atoms in total. The summed E-state index contributed by atoms with van der Waals surface area (Å²) in [5, 5.41) is 15.2. The van der Waals surface area contributed by atoms with E-state index in [2.05, 4.69) is 36.8 Å². The third-order valence-corrected chi connectivity index (χ3v) is 3.64. The molecule has 0 amide bonds. The van der Waals surface area contributed by atoms with Crippen LogP contribution in [-0.2, 0) is 4.74 Å². The van der Waals surface area contributed by atoms with Crippen molar-refractivity contribution in [1.82, 2.24) is 25.5 Å². The number of ether oxygens (including phenoxy) is 2. The van der Waals surface area contributed by atoms with Crippen molar-refractivity contribution >= 4 is 15.9 Å². The maximum atomic E-state index is 5.23. The second-order valence-corrected chi connectivity index (χ2v) is 5.29. The van der Waals surface area contributed by atoms with Crippen LogP contribution in [0, 0.1) is 0 Å². The van der Waals surface area contributed by atoms with Crippen molar-refractivity contribution in [3.63, 3.8) is 0 Å². The molecule has 1 aromatic carbocycles. The Labute approximate surface area is 131 Å². The summed E-state index contributed by atoms with van der Waals surface area (Å²) in [6, 6.07) is 5.70. The normalized spacial score (nSPS) is 12.4. The Morgan fingerprint density at radius 2 is 2.19 bits per heavy atom. The van der Waals surface area contributed by atoms with E-state index in [1.807, 2.05) is 25.1 Å². The number of hydrogen-bond donors (Lipinski definition) is 1. The molecule has 0 aliphatic carbocycles. The van der Waals surface area contributed by atoms with E-state index < -0.39 is 0 Å². The van der Waals surface area contributed by atoms with E-state index in [0.29, 0.717) is 6.61 Å². The van der Waals surface area contributed by atoms with Gasteiger partial charge in [0.2, 0.25) is 0 Å². The maximum Gasteiger partial charge on any atom is 0.173 e. The Balaban J connectivity index is 2.21. The SMILES string of the molecule is COCCNC(C)c1nnnn1-c1ccc(OC)c(Br)c1. The van der Waals surface area contributed by atoms with Crippen LogP contribution < -0.4 is 10.1 Å². The van der Waals surface area contributed by atoms with E-state index in [0.717, 1.165) is 28.3 Å². The first kappa shape index (κ1) is 15.9.